The van der Waals surface area contributed by atoms with Gasteiger partial charge in [0.2, 0.25) is 0 Å². The van der Waals surface area contributed by atoms with E-state index >= 15 is 0 Å². The molecule has 1 nitrogen and oxygen atoms in total. The van der Waals surface area contributed by atoms with E-state index < -0.39 is 35.3 Å². The highest BCUT2D eigenvalue weighted by atomic mass is 79.9. The highest BCUT2D eigenvalue weighted by molar-refractivity contribution is 9.10. The Bertz CT molecular complexity index is 665. The fourth-order valence-electron chi connectivity index (χ4n) is 2.04. The molecular formula is C15H11BrF4O. The summed E-state index contributed by atoms with van der Waals surface area (Å²) in [6, 6.07) is 4.75. The summed E-state index contributed by atoms with van der Waals surface area (Å²) in [5.41, 5.74) is -2.29. The van der Waals surface area contributed by atoms with E-state index in [9.17, 15) is 22.7 Å². The maximum atomic E-state index is 13.9. The van der Waals surface area contributed by atoms with E-state index in [1.165, 1.54) is 13.0 Å². The summed E-state index contributed by atoms with van der Waals surface area (Å²) in [5.74, 6) is -3.44. The number of halogens is 5. The second-order valence-electron chi connectivity index (χ2n) is 4.93. The molecule has 112 valence electrons. The largest absolute Gasteiger partial charge is 0.385 e. The molecule has 2 aromatic carbocycles. The van der Waals surface area contributed by atoms with Gasteiger partial charge in [0.25, 0.3) is 0 Å². The first-order chi connectivity index (χ1) is 9.70. The van der Waals surface area contributed by atoms with Gasteiger partial charge in [-0.15, -0.1) is 0 Å². The Kier molecular flexibility index (Phi) is 4.39. The van der Waals surface area contributed by atoms with Crippen LogP contribution >= 0.6 is 15.9 Å². The van der Waals surface area contributed by atoms with E-state index in [0.29, 0.717) is 6.07 Å². The van der Waals surface area contributed by atoms with Crippen molar-refractivity contribution in [2.75, 3.05) is 0 Å². The van der Waals surface area contributed by atoms with E-state index in [4.69, 9.17) is 0 Å². The zero-order chi connectivity index (χ0) is 15.8. The van der Waals surface area contributed by atoms with Gasteiger partial charge in [-0.25, -0.2) is 17.6 Å². The molecule has 1 atom stereocenters. The van der Waals surface area contributed by atoms with E-state index in [1.54, 1.807) is 0 Å². The van der Waals surface area contributed by atoms with Crippen LogP contribution in [0.4, 0.5) is 17.6 Å². The summed E-state index contributed by atoms with van der Waals surface area (Å²) < 4.78 is 54.1. The summed E-state index contributed by atoms with van der Waals surface area (Å²) in [6.45, 7) is 1.24. The molecule has 0 fully saturated rings. The second kappa shape index (κ2) is 5.77. The predicted octanol–water partition coefficient (Wildman–Crippen LogP) is 4.46. The molecule has 6 heteroatoms. The Morgan fingerprint density at radius 2 is 1.62 bits per heavy atom. The first-order valence-corrected chi connectivity index (χ1v) is 6.81. The Balaban J connectivity index is 2.44. The van der Waals surface area contributed by atoms with Gasteiger partial charge in [0.1, 0.15) is 23.3 Å². The molecule has 0 aliphatic heterocycles. The van der Waals surface area contributed by atoms with Gasteiger partial charge < -0.3 is 5.11 Å². The number of aliphatic hydroxyl groups is 1. The number of benzene rings is 2. The Morgan fingerprint density at radius 3 is 2.19 bits per heavy atom. The third-order valence-corrected chi connectivity index (χ3v) is 3.76. The molecule has 21 heavy (non-hydrogen) atoms. The van der Waals surface area contributed by atoms with E-state index in [2.05, 4.69) is 15.9 Å². The molecule has 1 unspecified atom stereocenters. The first kappa shape index (κ1) is 16.0. The SMILES string of the molecule is CC(O)(Cc1c(F)ccc(Br)c1F)c1cc(F)cc(F)c1. The van der Waals surface area contributed by atoms with Crippen LogP contribution in [0.15, 0.2) is 34.8 Å². The second-order valence-corrected chi connectivity index (χ2v) is 5.78. The van der Waals surface area contributed by atoms with E-state index in [1.807, 2.05) is 0 Å². The Labute approximate surface area is 127 Å². The van der Waals surface area contributed by atoms with Gasteiger partial charge >= 0.3 is 0 Å². The fourth-order valence-corrected chi connectivity index (χ4v) is 2.41. The third-order valence-electron chi connectivity index (χ3n) is 3.14. The molecule has 0 saturated carbocycles. The Morgan fingerprint density at radius 1 is 1.05 bits per heavy atom. The minimum atomic E-state index is -1.83. The van der Waals surface area contributed by atoms with Gasteiger partial charge in [-0.2, -0.15) is 0 Å². The zero-order valence-corrected chi connectivity index (χ0v) is 12.5. The number of rotatable bonds is 3. The average molecular weight is 363 g/mol. The van der Waals surface area contributed by atoms with Crippen LogP contribution < -0.4 is 0 Å². The molecular weight excluding hydrogens is 352 g/mol. The predicted molar refractivity (Wildman–Crippen MR) is 73.7 cm³/mol. The van der Waals surface area contributed by atoms with Crippen molar-refractivity contribution in [3.8, 4) is 0 Å². The van der Waals surface area contributed by atoms with Crippen molar-refractivity contribution in [2.45, 2.75) is 18.9 Å². The topological polar surface area (TPSA) is 20.2 Å². The van der Waals surface area contributed by atoms with Gasteiger partial charge in [-0.1, -0.05) is 0 Å². The normalized spacial score (nSPS) is 14.0. The van der Waals surface area contributed by atoms with Crippen LogP contribution in [0.2, 0.25) is 0 Å². The van der Waals surface area contributed by atoms with Crippen LogP contribution in [-0.2, 0) is 12.0 Å². The standard InChI is InChI=1S/C15H11BrF4O/c1-15(21,8-4-9(17)6-10(18)5-8)7-11-13(19)3-2-12(16)14(11)20/h2-6,21H,7H2,1H3. The fraction of sp³-hybridized carbons (Fsp3) is 0.200. The van der Waals surface area contributed by atoms with Crippen LogP contribution in [0.5, 0.6) is 0 Å². The van der Waals surface area contributed by atoms with Crippen molar-refractivity contribution in [3.63, 3.8) is 0 Å². The third kappa shape index (κ3) is 3.44. The zero-order valence-electron chi connectivity index (χ0n) is 10.9. The summed E-state index contributed by atoms with van der Waals surface area (Å²) in [7, 11) is 0. The summed E-state index contributed by atoms with van der Waals surface area (Å²) in [5, 5.41) is 10.3. The molecule has 0 saturated heterocycles. The highest BCUT2D eigenvalue weighted by Gasteiger charge is 2.28. The Hall–Kier alpha value is -1.40. The van der Waals surface area contributed by atoms with Gasteiger partial charge in [0.15, 0.2) is 0 Å². The lowest BCUT2D eigenvalue weighted by atomic mass is 9.88. The van der Waals surface area contributed by atoms with Crippen molar-refractivity contribution < 1.29 is 22.7 Å². The smallest absolute Gasteiger partial charge is 0.143 e. The van der Waals surface area contributed by atoms with Crippen LogP contribution in [0, 0.1) is 23.3 Å². The minimum absolute atomic E-state index is 0.0418. The molecule has 1 N–H and O–H groups in total. The van der Waals surface area contributed by atoms with Crippen LogP contribution in [0.1, 0.15) is 18.1 Å². The quantitative estimate of drug-likeness (QED) is 0.631. The molecule has 0 aliphatic carbocycles. The lowest BCUT2D eigenvalue weighted by Crippen LogP contribution is -2.26. The molecule has 0 spiro atoms. The van der Waals surface area contributed by atoms with E-state index in [-0.39, 0.29) is 15.6 Å². The molecule has 0 aromatic heterocycles. The number of hydrogen-bond donors (Lipinski definition) is 1. The molecule has 0 bridgehead atoms. The van der Waals surface area contributed by atoms with Crippen molar-refractivity contribution >= 4 is 15.9 Å². The first-order valence-electron chi connectivity index (χ1n) is 6.02. The van der Waals surface area contributed by atoms with Gasteiger partial charge in [-0.05, 0) is 52.7 Å². The molecule has 2 rings (SSSR count). The van der Waals surface area contributed by atoms with Crippen molar-refractivity contribution in [1.29, 1.82) is 0 Å². The molecule has 0 amide bonds. The van der Waals surface area contributed by atoms with E-state index in [0.717, 1.165) is 18.2 Å². The van der Waals surface area contributed by atoms with Gasteiger partial charge in [0.05, 0.1) is 10.1 Å². The lowest BCUT2D eigenvalue weighted by Gasteiger charge is -2.25. The van der Waals surface area contributed by atoms with Crippen LogP contribution in [0.25, 0.3) is 0 Å². The monoisotopic (exact) mass is 362 g/mol. The van der Waals surface area contributed by atoms with Crippen molar-refractivity contribution in [2.24, 2.45) is 0 Å². The molecule has 2 aromatic rings. The maximum Gasteiger partial charge on any atom is 0.143 e. The van der Waals surface area contributed by atoms with Crippen molar-refractivity contribution in [1.82, 2.24) is 0 Å². The molecule has 0 radical (unpaired) electrons. The van der Waals surface area contributed by atoms with Crippen molar-refractivity contribution in [3.05, 3.63) is 69.2 Å². The number of hydrogen-bond acceptors (Lipinski definition) is 1. The summed E-state index contributed by atoms with van der Waals surface area (Å²) in [4.78, 5) is 0. The van der Waals surface area contributed by atoms with Crippen LogP contribution in [0.3, 0.4) is 0 Å². The molecule has 0 heterocycles. The van der Waals surface area contributed by atoms with Gasteiger partial charge in [0, 0.05) is 18.1 Å². The summed E-state index contributed by atoms with van der Waals surface area (Å²) in [6.07, 6.45) is -0.465. The summed E-state index contributed by atoms with van der Waals surface area (Å²) >= 11 is 2.92. The van der Waals surface area contributed by atoms with Gasteiger partial charge in [-0.3, -0.25) is 0 Å². The lowest BCUT2D eigenvalue weighted by molar-refractivity contribution is 0.0549. The average Bonchev–Trinajstić information content (AvgIpc) is 2.38. The molecule has 0 aliphatic rings. The highest BCUT2D eigenvalue weighted by Crippen LogP contribution is 2.31. The maximum absolute atomic E-state index is 13.9. The van der Waals surface area contributed by atoms with Crippen LogP contribution in [-0.4, -0.2) is 5.11 Å². The minimum Gasteiger partial charge on any atom is -0.385 e.